The molecule has 1 aliphatic heterocycles. The van der Waals surface area contributed by atoms with Crippen LogP contribution in [0.3, 0.4) is 0 Å². The summed E-state index contributed by atoms with van der Waals surface area (Å²) in [5, 5.41) is 3.35. The zero-order valence-corrected chi connectivity index (χ0v) is 15.6. The average Bonchev–Trinajstić information content (AvgIpc) is 2.98. The van der Waals surface area contributed by atoms with Crippen molar-refractivity contribution in [2.75, 3.05) is 6.54 Å². The lowest BCUT2D eigenvalue weighted by Gasteiger charge is -2.39. The molecule has 0 radical (unpaired) electrons. The van der Waals surface area contributed by atoms with Gasteiger partial charge in [0, 0.05) is 31.1 Å². The van der Waals surface area contributed by atoms with Crippen LogP contribution in [0.15, 0.2) is 6.33 Å². The van der Waals surface area contributed by atoms with E-state index in [1.165, 1.54) is 19.3 Å². The molecule has 0 saturated heterocycles. The molecule has 134 valence electrons. The van der Waals surface area contributed by atoms with Gasteiger partial charge < -0.3 is 9.88 Å². The number of nitrogens with zero attached hydrogens (tertiary/aromatic N) is 3. The van der Waals surface area contributed by atoms with Gasteiger partial charge in [-0.25, -0.2) is 4.98 Å². The van der Waals surface area contributed by atoms with Gasteiger partial charge in [0.1, 0.15) is 6.04 Å². The van der Waals surface area contributed by atoms with Crippen LogP contribution in [0.25, 0.3) is 0 Å². The number of hydrogen-bond donors (Lipinski definition) is 1. The lowest BCUT2D eigenvalue weighted by Crippen LogP contribution is -2.50. The third-order valence-electron chi connectivity index (χ3n) is 5.53. The molecule has 0 spiro atoms. The van der Waals surface area contributed by atoms with Gasteiger partial charge in [-0.1, -0.05) is 19.3 Å². The summed E-state index contributed by atoms with van der Waals surface area (Å²) >= 11 is 0. The van der Waals surface area contributed by atoms with Gasteiger partial charge in [-0.3, -0.25) is 9.69 Å². The molecular formula is C19H32N4O. The topological polar surface area (TPSA) is 50.2 Å². The number of fused-ring (bicyclic) bond motifs is 1. The summed E-state index contributed by atoms with van der Waals surface area (Å²) in [5.41, 5.74) is 2.21. The minimum absolute atomic E-state index is 0.166. The zero-order chi connectivity index (χ0) is 17.3. The van der Waals surface area contributed by atoms with Crippen LogP contribution >= 0.6 is 0 Å². The molecule has 1 aromatic rings. The second-order valence-corrected chi connectivity index (χ2v) is 7.91. The molecule has 5 nitrogen and oxygen atoms in total. The maximum atomic E-state index is 13.2. The van der Waals surface area contributed by atoms with E-state index in [9.17, 15) is 4.79 Å². The Kier molecular flexibility index (Phi) is 5.28. The van der Waals surface area contributed by atoms with Crippen LogP contribution in [0.1, 0.15) is 83.3 Å². The number of nitrogens with one attached hydrogen (secondary N) is 1. The molecule has 0 aromatic carbocycles. The van der Waals surface area contributed by atoms with E-state index in [4.69, 9.17) is 0 Å². The first-order valence-corrected chi connectivity index (χ1v) is 9.60. The molecule has 2 heterocycles. The molecule has 1 fully saturated rings. The number of amides is 1. The maximum Gasteiger partial charge on any atom is 0.243 e. The molecular weight excluding hydrogens is 300 g/mol. The summed E-state index contributed by atoms with van der Waals surface area (Å²) in [6.07, 6.45) is 8.86. The molecule has 3 rings (SSSR count). The molecule has 1 aromatic heterocycles. The average molecular weight is 332 g/mol. The second-order valence-electron chi connectivity index (χ2n) is 7.91. The lowest BCUT2D eigenvalue weighted by molar-refractivity contribution is -0.129. The fourth-order valence-corrected chi connectivity index (χ4v) is 4.19. The summed E-state index contributed by atoms with van der Waals surface area (Å²) in [5.74, 6) is 0.166. The van der Waals surface area contributed by atoms with Gasteiger partial charge in [0.2, 0.25) is 5.91 Å². The fourth-order valence-electron chi connectivity index (χ4n) is 4.19. The molecule has 1 N–H and O–H groups in total. The van der Waals surface area contributed by atoms with Crippen molar-refractivity contribution < 1.29 is 4.79 Å². The normalized spacial score (nSPS) is 22.8. The first kappa shape index (κ1) is 17.5. The van der Waals surface area contributed by atoms with Crippen LogP contribution in [0, 0.1) is 0 Å². The molecule has 1 atom stereocenters. The van der Waals surface area contributed by atoms with E-state index < -0.39 is 0 Å². The van der Waals surface area contributed by atoms with Crippen LogP contribution < -0.4 is 5.32 Å². The molecule has 1 unspecified atom stereocenters. The molecule has 1 saturated carbocycles. The van der Waals surface area contributed by atoms with Crippen LogP contribution in [-0.4, -0.2) is 39.0 Å². The van der Waals surface area contributed by atoms with Gasteiger partial charge in [-0.05, 0) is 40.5 Å². The largest absolute Gasteiger partial charge is 0.352 e. The van der Waals surface area contributed by atoms with Gasteiger partial charge in [-0.15, -0.1) is 0 Å². The van der Waals surface area contributed by atoms with Crippen molar-refractivity contribution in [3.05, 3.63) is 17.7 Å². The quantitative estimate of drug-likeness (QED) is 0.921. The predicted octanol–water partition coefficient (Wildman–Crippen LogP) is 3.22. The Bertz CT molecular complexity index is 572. The van der Waals surface area contributed by atoms with Crippen molar-refractivity contribution in [1.82, 2.24) is 19.8 Å². The Hall–Kier alpha value is -1.36. The first-order chi connectivity index (χ1) is 11.5. The Balaban J connectivity index is 1.89. The summed E-state index contributed by atoms with van der Waals surface area (Å²) in [6.45, 7) is 9.59. The Morgan fingerprint density at radius 3 is 2.50 bits per heavy atom. The van der Waals surface area contributed by atoms with Crippen LogP contribution in [0.4, 0.5) is 0 Å². The number of imidazole rings is 1. The van der Waals surface area contributed by atoms with Crippen molar-refractivity contribution in [2.45, 2.75) is 90.4 Å². The summed E-state index contributed by atoms with van der Waals surface area (Å²) < 4.78 is 2.19. The van der Waals surface area contributed by atoms with Crippen molar-refractivity contribution in [3.8, 4) is 0 Å². The minimum atomic E-state index is -0.208. The smallest absolute Gasteiger partial charge is 0.243 e. The molecule has 2 aliphatic rings. The number of rotatable bonds is 4. The fraction of sp³-hybridized carbons (Fsp3) is 0.789. The van der Waals surface area contributed by atoms with E-state index in [2.05, 4.69) is 47.5 Å². The zero-order valence-electron chi connectivity index (χ0n) is 15.6. The van der Waals surface area contributed by atoms with E-state index >= 15 is 0 Å². The molecule has 5 heteroatoms. The standard InChI is InChI=1S/C19H32N4O/c1-13(2)22-11-10-16-17(23(12-20-16)14(3)4)18(22)19(24)21-15-8-6-5-7-9-15/h12-15,18H,5-11H2,1-4H3,(H,21,24). The predicted molar refractivity (Wildman–Crippen MR) is 95.9 cm³/mol. The van der Waals surface area contributed by atoms with Gasteiger partial charge in [0.05, 0.1) is 17.7 Å². The highest BCUT2D eigenvalue weighted by molar-refractivity contribution is 5.83. The molecule has 24 heavy (non-hydrogen) atoms. The highest BCUT2D eigenvalue weighted by atomic mass is 16.2. The van der Waals surface area contributed by atoms with Crippen LogP contribution in [-0.2, 0) is 11.2 Å². The molecule has 0 bridgehead atoms. The van der Waals surface area contributed by atoms with E-state index in [1.807, 2.05) is 6.33 Å². The van der Waals surface area contributed by atoms with Crippen molar-refractivity contribution in [3.63, 3.8) is 0 Å². The third-order valence-corrected chi connectivity index (χ3v) is 5.53. The highest BCUT2D eigenvalue weighted by Crippen LogP contribution is 2.33. The number of carbonyl (C=O) groups is 1. The number of aromatic nitrogens is 2. The Morgan fingerprint density at radius 2 is 1.88 bits per heavy atom. The van der Waals surface area contributed by atoms with Gasteiger partial charge in [-0.2, -0.15) is 0 Å². The Morgan fingerprint density at radius 1 is 1.17 bits per heavy atom. The van der Waals surface area contributed by atoms with Crippen LogP contribution in [0.2, 0.25) is 0 Å². The SMILES string of the molecule is CC(C)N1CCc2ncn(C(C)C)c2C1C(=O)NC1CCCCC1. The van der Waals surface area contributed by atoms with Crippen molar-refractivity contribution in [2.24, 2.45) is 0 Å². The van der Waals surface area contributed by atoms with E-state index in [-0.39, 0.29) is 11.9 Å². The Labute approximate surface area is 145 Å². The highest BCUT2D eigenvalue weighted by Gasteiger charge is 2.38. The number of carbonyl (C=O) groups excluding carboxylic acids is 1. The van der Waals surface area contributed by atoms with E-state index in [0.717, 1.165) is 37.2 Å². The van der Waals surface area contributed by atoms with Gasteiger partial charge >= 0.3 is 0 Å². The molecule has 1 amide bonds. The minimum Gasteiger partial charge on any atom is -0.352 e. The van der Waals surface area contributed by atoms with Gasteiger partial charge in [0.25, 0.3) is 0 Å². The van der Waals surface area contributed by atoms with E-state index in [0.29, 0.717) is 18.1 Å². The summed E-state index contributed by atoms with van der Waals surface area (Å²) in [6, 6.07) is 0.802. The lowest BCUT2D eigenvalue weighted by atomic mass is 9.94. The van der Waals surface area contributed by atoms with E-state index in [1.54, 1.807) is 0 Å². The first-order valence-electron chi connectivity index (χ1n) is 9.60. The van der Waals surface area contributed by atoms with Gasteiger partial charge in [0.15, 0.2) is 0 Å². The van der Waals surface area contributed by atoms with Crippen LogP contribution in [0.5, 0.6) is 0 Å². The molecule has 1 aliphatic carbocycles. The second kappa shape index (κ2) is 7.26. The monoisotopic (exact) mass is 332 g/mol. The number of hydrogen-bond acceptors (Lipinski definition) is 3. The van der Waals surface area contributed by atoms with Crippen molar-refractivity contribution >= 4 is 5.91 Å². The summed E-state index contributed by atoms with van der Waals surface area (Å²) in [4.78, 5) is 20.2. The third kappa shape index (κ3) is 3.37. The maximum absolute atomic E-state index is 13.2. The summed E-state index contributed by atoms with van der Waals surface area (Å²) in [7, 11) is 0. The van der Waals surface area contributed by atoms with Crippen molar-refractivity contribution in [1.29, 1.82) is 0 Å².